The van der Waals surface area contributed by atoms with E-state index in [1.54, 1.807) is 0 Å². The number of rotatable bonds is 0. The van der Waals surface area contributed by atoms with E-state index in [4.69, 9.17) is 34.3 Å². The Morgan fingerprint density at radius 2 is 0.846 bits per heavy atom. The Labute approximate surface area is 83.9 Å². The van der Waals surface area contributed by atoms with Crippen LogP contribution in [0.4, 0.5) is 0 Å². The zero-order valence-electron chi connectivity index (χ0n) is 6.04. The van der Waals surface area contributed by atoms with E-state index < -0.39 is 15.1 Å². The summed E-state index contributed by atoms with van der Waals surface area (Å²) >= 11 is 0. The van der Waals surface area contributed by atoms with E-state index in [0.29, 0.717) is 0 Å². The Hall–Kier alpha value is 0.467. The maximum Gasteiger partial charge on any atom is 3.00 e. The normalized spacial score (nSPS) is 6.62. The van der Waals surface area contributed by atoms with Crippen molar-refractivity contribution in [2.45, 2.75) is 0 Å². The molecule has 0 atom stereocenters. The van der Waals surface area contributed by atoms with Gasteiger partial charge in [-0.15, -0.1) is 0 Å². The molecule has 10 nitrogen and oxygen atoms in total. The molecule has 0 bridgehead atoms. The average molecular weight is 238 g/mol. The minimum absolute atomic E-state index is 0. The standard InChI is InChI=1S/Al.BH3O3.H3O4P.3H2O/c;2-1(3)4;1-5(2,3)4;;;/h;2-4H;(H3,1,2,3,4);3*1H2/q+3;;;;;/p-3. The van der Waals surface area contributed by atoms with Crippen LogP contribution in [0.5, 0.6) is 0 Å². The number of hydrogen-bond acceptors (Lipinski definition) is 7. The third kappa shape index (κ3) is 6250. The smallest absolute Gasteiger partial charge is 0.870 e. The molecule has 0 aliphatic carbocycles. The van der Waals surface area contributed by atoms with Gasteiger partial charge in [0.25, 0.3) is 0 Å². The van der Waals surface area contributed by atoms with E-state index in [1.165, 1.54) is 0 Å². The maximum absolute atomic E-state index is 8.88. The molecule has 0 fully saturated rings. The zero-order valence-corrected chi connectivity index (χ0v) is 8.08. The summed E-state index contributed by atoms with van der Waals surface area (Å²) in [7, 11) is -6.81. The van der Waals surface area contributed by atoms with Crippen LogP contribution in [0.3, 0.4) is 0 Å². The minimum Gasteiger partial charge on any atom is -0.870 e. The van der Waals surface area contributed by atoms with Crippen molar-refractivity contribution >= 4 is 32.5 Å². The second-order valence-corrected chi connectivity index (χ2v) is 1.89. The SMILES string of the molecule is O=P(O)(O)O.OB(O)O.[Al+3].[OH-].[OH-].[OH-]. The molecule has 0 aromatic carbocycles. The molecule has 0 heterocycles. The van der Waals surface area contributed by atoms with Crippen LogP contribution >= 0.6 is 7.82 Å². The monoisotopic (exact) mass is 238 g/mol. The van der Waals surface area contributed by atoms with Crippen molar-refractivity contribution in [1.82, 2.24) is 0 Å². The van der Waals surface area contributed by atoms with Crippen LogP contribution in [0.1, 0.15) is 0 Å². The molecule has 0 saturated heterocycles. The van der Waals surface area contributed by atoms with Gasteiger partial charge in [-0.05, 0) is 0 Å². The Kier molecular flexibility index (Phi) is 52.8. The average Bonchev–Trinajstić information content (AvgIpc) is 1.19. The van der Waals surface area contributed by atoms with Gasteiger partial charge in [0.2, 0.25) is 0 Å². The van der Waals surface area contributed by atoms with Crippen LogP contribution in [-0.2, 0) is 4.57 Å². The van der Waals surface area contributed by atoms with E-state index in [9.17, 15) is 0 Å². The Bertz CT molecular complexity index is 86.1. The van der Waals surface area contributed by atoms with E-state index >= 15 is 0 Å². The van der Waals surface area contributed by atoms with Gasteiger partial charge in [0.05, 0.1) is 0 Å². The summed E-state index contributed by atoms with van der Waals surface area (Å²) in [6.45, 7) is 0. The van der Waals surface area contributed by atoms with E-state index in [0.717, 1.165) is 0 Å². The molecule has 0 rings (SSSR count). The van der Waals surface area contributed by atoms with Crippen LogP contribution in [0, 0.1) is 0 Å². The van der Waals surface area contributed by atoms with Crippen LogP contribution < -0.4 is 0 Å². The van der Waals surface area contributed by atoms with E-state index in [2.05, 4.69) is 0 Å². The largest absolute Gasteiger partial charge is 3.00 e. The topological polar surface area (TPSA) is 228 Å². The quantitative estimate of drug-likeness (QED) is 0.177. The van der Waals surface area contributed by atoms with Crippen molar-refractivity contribution in [2.24, 2.45) is 0 Å². The first-order valence-electron chi connectivity index (χ1n) is 1.56. The fraction of sp³-hybridized carbons (Fsp3) is 0. The molecule has 0 spiro atoms. The van der Waals surface area contributed by atoms with Crippen LogP contribution in [0.2, 0.25) is 0 Å². The Balaban J connectivity index is -0.0000000146. The number of phosphoric acid groups is 1. The summed E-state index contributed by atoms with van der Waals surface area (Å²) in [5, 5.41) is 21.5. The van der Waals surface area contributed by atoms with Crippen molar-refractivity contribution in [2.75, 3.05) is 0 Å². The van der Waals surface area contributed by atoms with Crippen molar-refractivity contribution < 1.29 is 50.7 Å². The second-order valence-electron chi connectivity index (χ2n) is 0.860. The predicted octanol–water partition coefficient (Wildman–Crippen LogP) is -3.89. The molecule has 0 aliphatic rings. The van der Waals surface area contributed by atoms with Gasteiger partial charge in [0, 0.05) is 0 Å². The first-order chi connectivity index (χ1) is 3.73. The summed E-state index contributed by atoms with van der Waals surface area (Å²) in [6.07, 6.45) is 0. The molecule has 0 radical (unpaired) electrons. The second kappa shape index (κ2) is 18.3. The van der Waals surface area contributed by atoms with Crippen molar-refractivity contribution in [3.05, 3.63) is 0 Å². The molecule has 0 saturated carbocycles. The number of hydrogen-bond donors (Lipinski definition) is 6. The molecular formula is H9AlBO10P. The fourth-order valence-corrected chi connectivity index (χ4v) is 0. The van der Waals surface area contributed by atoms with Gasteiger partial charge < -0.3 is 46.2 Å². The van der Waals surface area contributed by atoms with E-state index in [1.807, 2.05) is 0 Å². The Morgan fingerprint density at radius 1 is 0.846 bits per heavy atom. The summed E-state index contributed by atoms with van der Waals surface area (Å²) in [5.41, 5.74) is 0. The molecular weight excluding hydrogens is 229 g/mol. The predicted molar refractivity (Wildman–Crippen MR) is 38.2 cm³/mol. The van der Waals surface area contributed by atoms with Crippen molar-refractivity contribution in [3.63, 3.8) is 0 Å². The summed E-state index contributed by atoms with van der Waals surface area (Å²) in [6, 6.07) is 0. The van der Waals surface area contributed by atoms with Gasteiger partial charge in [-0.2, -0.15) is 0 Å². The van der Waals surface area contributed by atoms with Crippen LogP contribution in [-0.4, -0.2) is 70.9 Å². The van der Waals surface area contributed by atoms with Gasteiger partial charge in [-0.3, -0.25) is 0 Å². The molecule has 0 aromatic rings. The summed E-state index contributed by atoms with van der Waals surface area (Å²) < 4.78 is 8.88. The summed E-state index contributed by atoms with van der Waals surface area (Å²) in [5.74, 6) is 0. The summed E-state index contributed by atoms with van der Waals surface area (Å²) in [4.78, 5) is 21.6. The third-order valence-corrected chi connectivity index (χ3v) is 0. The van der Waals surface area contributed by atoms with Crippen molar-refractivity contribution in [1.29, 1.82) is 0 Å². The minimum atomic E-state index is -4.64. The van der Waals surface area contributed by atoms with Gasteiger partial charge in [-0.25, -0.2) is 4.57 Å². The Morgan fingerprint density at radius 3 is 0.846 bits per heavy atom. The molecule has 0 unspecified atom stereocenters. The maximum atomic E-state index is 8.88. The van der Waals surface area contributed by atoms with Gasteiger partial charge in [-0.1, -0.05) is 0 Å². The van der Waals surface area contributed by atoms with Gasteiger partial charge in [0.15, 0.2) is 0 Å². The molecule has 9 N–H and O–H groups in total. The molecule has 13 heavy (non-hydrogen) atoms. The van der Waals surface area contributed by atoms with E-state index in [-0.39, 0.29) is 33.8 Å². The zero-order chi connectivity index (χ0) is 8.08. The molecule has 80 valence electrons. The first-order valence-corrected chi connectivity index (χ1v) is 3.12. The first kappa shape index (κ1) is 37.5. The van der Waals surface area contributed by atoms with Gasteiger partial charge >= 0.3 is 32.5 Å². The molecule has 0 aliphatic heterocycles. The van der Waals surface area contributed by atoms with Gasteiger partial charge in [0.1, 0.15) is 0 Å². The molecule has 0 amide bonds. The van der Waals surface area contributed by atoms with Crippen molar-refractivity contribution in [3.8, 4) is 0 Å². The fourth-order valence-electron chi connectivity index (χ4n) is 0. The van der Waals surface area contributed by atoms with Crippen LogP contribution in [0.15, 0.2) is 0 Å². The molecule has 0 aromatic heterocycles. The van der Waals surface area contributed by atoms with Crippen LogP contribution in [0.25, 0.3) is 0 Å². The molecule has 13 heteroatoms. The third-order valence-electron chi connectivity index (χ3n) is 0.